The van der Waals surface area contributed by atoms with Crippen LogP contribution in [0.1, 0.15) is 12.5 Å². The number of hydrogen-bond donors (Lipinski definition) is 2. The fourth-order valence-electron chi connectivity index (χ4n) is 1.50. The van der Waals surface area contributed by atoms with E-state index in [1.165, 1.54) is 20.0 Å². The molecule has 0 saturated carbocycles. The first kappa shape index (κ1) is 14.8. The van der Waals surface area contributed by atoms with Crippen molar-refractivity contribution >= 4 is 12.2 Å². The number of aromatic amines is 1. The first-order chi connectivity index (χ1) is 8.86. The van der Waals surface area contributed by atoms with Crippen LogP contribution in [0.3, 0.4) is 0 Å². The standard InChI is InChI=1S/C11H15N4O4/c1-7-5-14(11(19)13-10(7)18)6-9(17)15(3-4-16)8(2)12/h5,8H,3,6,12H2,1-2H3,(H,13,18,19). The molecular weight excluding hydrogens is 252 g/mol. The molecule has 0 saturated heterocycles. The summed E-state index contributed by atoms with van der Waals surface area (Å²) in [5, 5.41) is 0. The Bertz CT molecular complexity index is 587. The van der Waals surface area contributed by atoms with Gasteiger partial charge < -0.3 is 10.6 Å². The molecule has 1 unspecified atom stereocenters. The van der Waals surface area contributed by atoms with Gasteiger partial charge in [-0.2, -0.15) is 0 Å². The van der Waals surface area contributed by atoms with Gasteiger partial charge in [-0.05, 0) is 13.8 Å². The number of amides is 1. The normalized spacial score (nSPS) is 11.9. The smallest absolute Gasteiger partial charge is 0.318 e. The van der Waals surface area contributed by atoms with Gasteiger partial charge in [-0.25, -0.2) is 4.79 Å². The highest BCUT2D eigenvalue weighted by Crippen LogP contribution is 1.95. The summed E-state index contributed by atoms with van der Waals surface area (Å²) in [5.41, 5.74) is 4.67. The number of nitrogens with zero attached hydrogens (tertiary/aromatic N) is 2. The van der Waals surface area contributed by atoms with E-state index in [4.69, 9.17) is 5.73 Å². The van der Waals surface area contributed by atoms with Crippen molar-refractivity contribution in [1.29, 1.82) is 0 Å². The van der Waals surface area contributed by atoms with Crippen molar-refractivity contribution in [2.24, 2.45) is 5.73 Å². The molecule has 1 radical (unpaired) electrons. The highest BCUT2D eigenvalue weighted by Gasteiger charge is 2.18. The van der Waals surface area contributed by atoms with E-state index in [0.717, 1.165) is 9.47 Å². The number of aromatic nitrogens is 2. The number of rotatable bonds is 5. The maximum Gasteiger partial charge on any atom is 0.328 e. The third-order valence-electron chi connectivity index (χ3n) is 2.54. The Balaban J connectivity index is 2.99. The van der Waals surface area contributed by atoms with Gasteiger partial charge in [0.1, 0.15) is 6.54 Å². The predicted molar refractivity (Wildman–Crippen MR) is 67.1 cm³/mol. The van der Waals surface area contributed by atoms with Gasteiger partial charge in [-0.15, -0.1) is 0 Å². The maximum absolute atomic E-state index is 11.9. The Hall–Kier alpha value is -2.22. The molecule has 0 aliphatic heterocycles. The Morgan fingerprint density at radius 3 is 2.74 bits per heavy atom. The minimum absolute atomic E-state index is 0.270. The van der Waals surface area contributed by atoms with Crippen molar-refractivity contribution < 1.29 is 9.59 Å². The van der Waals surface area contributed by atoms with Crippen molar-refractivity contribution in [2.45, 2.75) is 26.6 Å². The van der Waals surface area contributed by atoms with Gasteiger partial charge in [0, 0.05) is 11.8 Å². The van der Waals surface area contributed by atoms with Crippen molar-refractivity contribution in [1.82, 2.24) is 14.5 Å². The molecule has 8 heteroatoms. The van der Waals surface area contributed by atoms with Gasteiger partial charge in [-0.3, -0.25) is 23.9 Å². The van der Waals surface area contributed by atoms with Crippen LogP contribution >= 0.6 is 0 Å². The number of carbonyl (C=O) groups is 1. The number of aryl methyl sites for hydroxylation is 1. The van der Waals surface area contributed by atoms with E-state index in [1.807, 2.05) is 0 Å². The van der Waals surface area contributed by atoms with Crippen LogP contribution in [0.15, 0.2) is 15.8 Å². The lowest BCUT2D eigenvalue weighted by Gasteiger charge is -2.24. The minimum atomic E-state index is -0.691. The number of hydrogen-bond acceptors (Lipinski definition) is 5. The summed E-state index contributed by atoms with van der Waals surface area (Å²) in [7, 11) is 0. The molecule has 1 atom stereocenters. The van der Waals surface area contributed by atoms with E-state index in [0.29, 0.717) is 5.56 Å². The molecular formula is C11H15N4O4. The maximum atomic E-state index is 11.9. The Morgan fingerprint density at radius 1 is 1.58 bits per heavy atom. The largest absolute Gasteiger partial charge is 0.328 e. The van der Waals surface area contributed by atoms with Gasteiger partial charge in [0.2, 0.25) is 12.2 Å². The summed E-state index contributed by atoms with van der Waals surface area (Å²) in [6.07, 6.45) is 2.19. The molecule has 8 nitrogen and oxygen atoms in total. The Kier molecular flexibility index (Phi) is 4.76. The summed E-state index contributed by atoms with van der Waals surface area (Å²) in [6.45, 7) is 2.48. The molecule has 1 heterocycles. The van der Waals surface area contributed by atoms with Crippen molar-refractivity contribution in [3.63, 3.8) is 0 Å². The van der Waals surface area contributed by atoms with Crippen LogP contribution in [-0.2, 0) is 16.1 Å². The van der Waals surface area contributed by atoms with Crippen LogP contribution in [0.2, 0.25) is 0 Å². The molecule has 0 fully saturated rings. The number of carbonyl (C=O) groups excluding carboxylic acids is 2. The number of nitrogens with one attached hydrogen (secondary N) is 1. The number of H-pyrrole nitrogens is 1. The molecule has 1 rings (SSSR count). The zero-order chi connectivity index (χ0) is 14.6. The summed E-state index contributed by atoms with van der Waals surface area (Å²) in [4.78, 5) is 48.1. The molecule has 0 aromatic carbocycles. The monoisotopic (exact) mass is 267 g/mol. The highest BCUT2D eigenvalue weighted by molar-refractivity contribution is 5.78. The lowest BCUT2D eigenvalue weighted by Crippen LogP contribution is -2.47. The molecule has 0 bridgehead atoms. The van der Waals surface area contributed by atoms with Crippen LogP contribution in [-0.4, -0.2) is 39.4 Å². The molecule has 103 valence electrons. The van der Waals surface area contributed by atoms with E-state index in [1.54, 1.807) is 6.29 Å². The first-order valence-electron chi connectivity index (χ1n) is 5.57. The van der Waals surface area contributed by atoms with E-state index >= 15 is 0 Å². The van der Waals surface area contributed by atoms with Gasteiger partial charge in [0.05, 0.1) is 12.7 Å². The highest BCUT2D eigenvalue weighted by atomic mass is 16.2. The molecule has 3 N–H and O–H groups in total. The average molecular weight is 267 g/mol. The Labute approximate surface area is 108 Å². The molecule has 0 spiro atoms. The summed E-state index contributed by atoms with van der Waals surface area (Å²) in [6, 6.07) is 0. The summed E-state index contributed by atoms with van der Waals surface area (Å²) in [5.74, 6) is -0.508. The second kappa shape index (κ2) is 6.10. The van der Waals surface area contributed by atoms with E-state index < -0.39 is 23.3 Å². The van der Waals surface area contributed by atoms with Crippen LogP contribution < -0.4 is 17.0 Å². The second-order valence-electron chi connectivity index (χ2n) is 4.11. The third kappa shape index (κ3) is 3.62. The van der Waals surface area contributed by atoms with Gasteiger partial charge >= 0.3 is 5.69 Å². The van der Waals surface area contributed by atoms with Crippen LogP contribution in [0, 0.1) is 6.92 Å². The lowest BCUT2D eigenvalue weighted by molar-refractivity contribution is -0.133. The van der Waals surface area contributed by atoms with Gasteiger partial charge in [0.25, 0.3) is 5.56 Å². The molecule has 19 heavy (non-hydrogen) atoms. The van der Waals surface area contributed by atoms with Crippen molar-refractivity contribution in [3.05, 3.63) is 32.6 Å². The first-order valence-corrected chi connectivity index (χ1v) is 5.57. The van der Waals surface area contributed by atoms with Crippen molar-refractivity contribution in [3.8, 4) is 0 Å². The van der Waals surface area contributed by atoms with E-state index in [9.17, 15) is 19.2 Å². The van der Waals surface area contributed by atoms with Crippen LogP contribution in [0.25, 0.3) is 0 Å². The quantitative estimate of drug-likeness (QED) is 0.603. The molecule has 0 aliphatic carbocycles. The molecule has 1 amide bonds. The van der Waals surface area contributed by atoms with E-state index in [2.05, 4.69) is 4.98 Å². The average Bonchev–Trinajstić information content (AvgIpc) is 2.32. The molecule has 1 aromatic rings. The van der Waals surface area contributed by atoms with Crippen molar-refractivity contribution in [2.75, 3.05) is 6.54 Å². The zero-order valence-electron chi connectivity index (χ0n) is 10.7. The van der Waals surface area contributed by atoms with Crippen LogP contribution in [0.4, 0.5) is 0 Å². The number of nitrogens with two attached hydrogens (primary N) is 1. The SMILES string of the molecule is Cc1cn(CC(=O)N(C[C]=O)C(C)N)c(=O)[nH]c1=O. The molecule has 0 aliphatic rings. The lowest BCUT2D eigenvalue weighted by atomic mass is 10.3. The predicted octanol–water partition coefficient (Wildman–Crippen LogP) is -1.91. The van der Waals surface area contributed by atoms with Crippen LogP contribution in [0.5, 0.6) is 0 Å². The summed E-state index contributed by atoms with van der Waals surface area (Å²) >= 11 is 0. The Morgan fingerprint density at radius 2 is 2.21 bits per heavy atom. The molecule has 1 aromatic heterocycles. The second-order valence-corrected chi connectivity index (χ2v) is 4.11. The topological polar surface area (TPSA) is 118 Å². The fourth-order valence-corrected chi connectivity index (χ4v) is 1.50. The van der Waals surface area contributed by atoms with Gasteiger partial charge in [0.15, 0.2) is 0 Å². The van der Waals surface area contributed by atoms with E-state index in [-0.39, 0.29) is 13.1 Å². The third-order valence-corrected chi connectivity index (χ3v) is 2.54. The fraction of sp³-hybridized carbons (Fsp3) is 0.455. The zero-order valence-corrected chi connectivity index (χ0v) is 10.7. The minimum Gasteiger partial charge on any atom is -0.318 e. The summed E-state index contributed by atoms with van der Waals surface area (Å²) < 4.78 is 1.05. The van der Waals surface area contributed by atoms with Gasteiger partial charge in [-0.1, -0.05) is 0 Å².